The first kappa shape index (κ1) is 10.5. The van der Waals surface area contributed by atoms with E-state index < -0.39 is 0 Å². The molecule has 1 atom stereocenters. The van der Waals surface area contributed by atoms with Gasteiger partial charge >= 0.3 is 0 Å². The van der Waals surface area contributed by atoms with E-state index in [0.717, 1.165) is 18.9 Å². The maximum absolute atomic E-state index is 11.1. The van der Waals surface area contributed by atoms with Crippen LogP contribution in [-0.2, 0) is 4.79 Å². The standard InChI is InChI=1S/C10H20N2O/c1-3-9(8-5-6-8)12-7-10(13)11-4-2/h8-9,12H,3-7H2,1-2H3,(H,11,13). The molecule has 1 aliphatic carbocycles. The van der Waals surface area contributed by atoms with Crippen molar-refractivity contribution in [2.75, 3.05) is 13.1 Å². The van der Waals surface area contributed by atoms with Crippen LogP contribution in [0, 0.1) is 5.92 Å². The summed E-state index contributed by atoms with van der Waals surface area (Å²) in [7, 11) is 0. The maximum Gasteiger partial charge on any atom is 0.233 e. The summed E-state index contributed by atoms with van der Waals surface area (Å²) in [5, 5.41) is 6.09. The fourth-order valence-corrected chi connectivity index (χ4v) is 1.63. The Morgan fingerprint density at radius 1 is 1.46 bits per heavy atom. The quantitative estimate of drug-likeness (QED) is 0.644. The van der Waals surface area contributed by atoms with Gasteiger partial charge in [0.2, 0.25) is 5.91 Å². The van der Waals surface area contributed by atoms with Crippen LogP contribution in [0.25, 0.3) is 0 Å². The van der Waals surface area contributed by atoms with E-state index in [4.69, 9.17) is 0 Å². The van der Waals surface area contributed by atoms with Crippen molar-refractivity contribution in [2.24, 2.45) is 5.92 Å². The first-order valence-corrected chi connectivity index (χ1v) is 5.28. The van der Waals surface area contributed by atoms with Crippen LogP contribution >= 0.6 is 0 Å². The second kappa shape index (κ2) is 5.22. The van der Waals surface area contributed by atoms with Crippen LogP contribution in [0.5, 0.6) is 0 Å². The normalized spacial score (nSPS) is 18.3. The second-order valence-electron chi connectivity index (χ2n) is 3.69. The summed E-state index contributed by atoms with van der Waals surface area (Å²) < 4.78 is 0. The van der Waals surface area contributed by atoms with Crippen molar-refractivity contribution < 1.29 is 4.79 Å². The van der Waals surface area contributed by atoms with Gasteiger partial charge in [-0.3, -0.25) is 4.79 Å². The lowest BCUT2D eigenvalue weighted by molar-refractivity contribution is -0.120. The molecule has 13 heavy (non-hydrogen) atoms. The highest BCUT2D eigenvalue weighted by molar-refractivity contribution is 5.77. The van der Waals surface area contributed by atoms with Crippen molar-refractivity contribution in [1.29, 1.82) is 0 Å². The number of likely N-dealkylation sites (N-methyl/N-ethyl adjacent to an activating group) is 1. The first-order valence-electron chi connectivity index (χ1n) is 5.28. The third-order valence-electron chi connectivity index (χ3n) is 2.53. The van der Waals surface area contributed by atoms with Gasteiger partial charge in [0.25, 0.3) is 0 Å². The smallest absolute Gasteiger partial charge is 0.233 e. The first-order chi connectivity index (χ1) is 6.27. The average molecular weight is 184 g/mol. The molecular weight excluding hydrogens is 164 g/mol. The van der Waals surface area contributed by atoms with E-state index in [1.165, 1.54) is 12.8 Å². The second-order valence-corrected chi connectivity index (χ2v) is 3.69. The highest BCUT2D eigenvalue weighted by Crippen LogP contribution is 2.33. The highest BCUT2D eigenvalue weighted by Gasteiger charge is 2.29. The predicted octanol–water partition coefficient (Wildman–Crippen LogP) is 0.901. The van der Waals surface area contributed by atoms with Gasteiger partial charge in [0.15, 0.2) is 0 Å². The van der Waals surface area contributed by atoms with Gasteiger partial charge in [-0.15, -0.1) is 0 Å². The van der Waals surface area contributed by atoms with Gasteiger partial charge in [-0.2, -0.15) is 0 Å². The van der Waals surface area contributed by atoms with Crippen molar-refractivity contribution in [1.82, 2.24) is 10.6 Å². The minimum Gasteiger partial charge on any atom is -0.355 e. The van der Waals surface area contributed by atoms with Gasteiger partial charge in [-0.05, 0) is 32.1 Å². The molecule has 2 N–H and O–H groups in total. The van der Waals surface area contributed by atoms with Gasteiger partial charge in [0.05, 0.1) is 6.54 Å². The molecule has 1 fully saturated rings. The van der Waals surface area contributed by atoms with E-state index in [2.05, 4.69) is 17.6 Å². The molecule has 0 spiro atoms. The molecule has 1 saturated carbocycles. The zero-order valence-electron chi connectivity index (χ0n) is 8.60. The number of nitrogens with one attached hydrogen (secondary N) is 2. The number of rotatable bonds is 6. The molecule has 0 heterocycles. The van der Waals surface area contributed by atoms with Crippen LogP contribution in [0.3, 0.4) is 0 Å². The molecule has 0 aromatic rings. The summed E-state index contributed by atoms with van der Waals surface area (Å²) in [6.07, 6.45) is 3.80. The fraction of sp³-hybridized carbons (Fsp3) is 0.900. The zero-order valence-corrected chi connectivity index (χ0v) is 8.60. The SMILES string of the molecule is CCNC(=O)CNC(CC)C1CC1. The van der Waals surface area contributed by atoms with Crippen LogP contribution in [0.1, 0.15) is 33.1 Å². The summed E-state index contributed by atoms with van der Waals surface area (Å²) in [4.78, 5) is 11.1. The summed E-state index contributed by atoms with van der Waals surface area (Å²) >= 11 is 0. The topological polar surface area (TPSA) is 41.1 Å². The van der Waals surface area contributed by atoms with E-state index >= 15 is 0 Å². The fourth-order valence-electron chi connectivity index (χ4n) is 1.63. The maximum atomic E-state index is 11.1. The average Bonchev–Trinajstić information content (AvgIpc) is 2.90. The van der Waals surface area contributed by atoms with Gasteiger partial charge in [0.1, 0.15) is 0 Å². The third kappa shape index (κ3) is 3.77. The van der Waals surface area contributed by atoms with Gasteiger partial charge in [-0.1, -0.05) is 6.92 Å². The molecule has 1 aliphatic rings. The Balaban J connectivity index is 2.11. The van der Waals surface area contributed by atoms with Crippen molar-refractivity contribution in [3.8, 4) is 0 Å². The van der Waals surface area contributed by atoms with E-state index in [0.29, 0.717) is 12.6 Å². The van der Waals surface area contributed by atoms with Crippen molar-refractivity contribution in [3.63, 3.8) is 0 Å². The van der Waals surface area contributed by atoms with Crippen LogP contribution in [-0.4, -0.2) is 25.0 Å². The molecule has 0 aromatic heterocycles. The molecule has 0 aromatic carbocycles. The number of hydrogen-bond acceptors (Lipinski definition) is 2. The van der Waals surface area contributed by atoms with Crippen LogP contribution in [0.2, 0.25) is 0 Å². The number of hydrogen-bond donors (Lipinski definition) is 2. The Bertz CT molecular complexity index is 166. The molecule has 1 rings (SSSR count). The van der Waals surface area contributed by atoms with Crippen LogP contribution < -0.4 is 10.6 Å². The molecule has 3 nitrogen and oxygen atoms in total. The Morgan fingerprint density at radius 3 is 2.62 bits per heavy atom. The number of carbonyl (C=O) groups excluding carboxylic acids is 1. The largest absolute Gasteiger partial charge is 0.355 e. The highest BCUT2D eigenvalue weighted by atomic mass is 16.1. The summed E-state index contributed by atoms with van der Waals surface area (Å²) in [6.45, 7) is 5.31. The van der Waals surface area contributed by atoms with E-state index in [1.54, 1.807) is 0 Å². The lowest BCUT2D eigenvalue weighted by Gasteiger charge is -2.15. The molecule has 0 saturated heterocycles. The summed E-state index contributed by atoms with van der Waals surface area (Å²) in [6, 6.07) is 0.558. The number of carbonyl (C=O) groups is 1. The van der Waals surface area contributed by atoms with Crippen molar-refractivity contribution >= 4 is 5.91 Å². The number of amides is 1. The predicted molar refractivity (Wildman–Crippen MR) is 53.5 cm³/mol. The minimum atomic E-state index is 0.113. The van der Waals surface area contributed by atoms with Crippen LogP contribution in [0.15, 0.2) is 0 Å². The van der Waals surface area contributed by atoms with Crippen LogP contribution in [0.4, 0.5) is 0 Å². The van der Waals surface area contributed by atoms with Crippen molar-refractivity contribution in [2.45, 2.75) is 39.2 Å². The van der Waals surface area contributed by atoms with Gasteiger partial charge in [0, 0.05) is 12.6 Å². The van der Waals surface area contributed by atoms with Gasteiger partial charge in [-0.25, -0.2) is 0 Å². The molecule has 76 valence electrons. The molecule has 1 amide bonds. The molecule has 0 bridgehead atoms. The Hall–Kier alpha value is -0.570. The Labute approximate surface area is 80.3 Å². The van der Waals surface area contributed by atoms with E-state index in [-0.39, 0.29) is 5.91 Å². The molecule has 0 aliphatic heterocycles. The monoisotopic (exact) mass is 184 g/mol. The zero-order chi connectivity index (χ0) is 9.68. The van der Waals surface area contributed by atoms with E-state index in [9.17, 15) is 4.79 Å². The molecule has 3 heteroatoms. The molecular formula is C10H20N2O. The lowest BCUT2D eigenvalue weighted by Crippen LogP contribution is -2.39. The Morgan fingerprint density at radius 2 is 2.15 bits per heavy atom. The minimum absolute atomic E-state index is 0.113. The third-order valence-corrected chi connectivity index (χ3v) is 2.53. The van der Waals surface area contributed by atoms with Crippen molar-refractivity contribution in [3.05, 3.63) is 0 Å². The summed E-state index contributed by atoms with van der Waals surface area (Å²) in [5.41, 5.74) is 0. The van der Waals surface area contributed by atoms with Gasteiger partial charge < -0.3 is 10.6 Å². The molecule has 1 unspecified atom stereocenters. The Kier molecular flexibility index (Phi) is 4.22. The summed E-state index contributed by atoms with van der Waals surface area (Å²) in [5.74, 6) is 0.945. The molecule has 0 radical (unpaired) electrons. The van der Waals surface area contributed by atoms with E-state index in [1.807, 2.05) is 6.92 Å². The lowest BCUT2D eigenvalue weighted by atomic mass is 10.1.